The predicted molar refractivity (Wildman–Crippen MR) is 71.8 cm³/mol. The van der Waals surface area contributed by atoms with E-state index in [1.807, 2.05) is 0 Å². The zero-order valence-electron chi connectivity index (χ0n) is 10.4. The number of likely N-dealkylation sites (tertiary alicyclic amines) is 1. The van der Waals surface area contributed by atoms with Crippen molar-refractivity contribution in [1.82, 2.24) is 9.27 Å². The van der Waals surface area contributed by atoms with Crippen LogP contribution in [0.15, 0.2) is 0 Å². The van der Waals surface area contributed by atoms with Crippen LogP contribution in [0.3, 0.4) is 0 Å². The maximum atomic E-state index is 5.72. The highest BCUT2D eigenvalue weighted by Crippen LogP contribution is 2.35. The third-order valence-electron chi connectivity index (χ3n) is 2.99. The van der Waals surface area contributed by atoms with E-state index in [4.69, 9.17) is 10.5 Å². The summed E-state index contributed by atoms with van der Waals surface area (Å²) < 4.78 is 9.32. The lowest BCUT2D eigenvalue weighted by molar-refractivity contribution is 0.327. The zero-order valence-corrected chi connectivity index (χ0v) is 11.2. The number of nitrogens with two attached hydrogens (primary N) is 1. The molecule has 96 valence electrons. The molecule has 3 N–H and O–H groups in total. The van der Waals surface area contributed by atoms with Crippen LogP contribution < -0.4 is 15.8 Å². The summed E-state index contributed by atoms with van der Waals surface area (Å²) in [6, 6.07) is 0.377. The van der Waals surface area contributed by atoms with E-state index in [9.17, 15) is 0 Å². The van der Waals surface area contributed by atoms with E-state index in [-0.39, 0.29) is 0 Å². The van der Waals surface area contributed by atoms with Gasteiger partial charge >= 0.3 is 0 Å². The van der Waals surface area contributed by atoms with Gasteiger partial charge in [0.05, 0.1) is 7.11 Å². The molecule has 0 aliphatic carbocycles. The van der Waals surface area contributed by atoms with Crippen molar-refractivity contribution >= 4 is 22.4 Å². The first-order chi connectivity index (χ1) is 8.20. The highest BCUT2D eigenvalue weighted by molar-refractivity contribution is 7.11. The minimum atomic E-state index is 0.377. The van der Waals surface area contributed by atoms with Crippen molar-refractivity contribution in [2.75, 3.05) is 37.8 Å². The van der Waals surface area contributed by atoms with Crippen molar-refractivity contribution in [3.05, 3.63) is 0 Å². The largest absolute Gasteiger partial charge is 0.490 e. The molecule has 1 atom stereocenters. The van der Waals surface area contributed by atoms with Gasteiger partial charge in [-0.05, 0) is 44.4 Å². The average molecular weight is 256 g/mol. The lowest BCUT2D eigenvalue weighted by Gasteiger charge is -2.21. The van der Waals surface area contributed by atoms with Crippen LogP contribution in [0.4, 0.5) is 10.8 Å². The zero-order chi connectivity index (χ0) is 12.3. The van der Waals surface area contributed by atoms with Gasteiger partial charge in [0.15, 0.2) is 16.6 Å². The van der Waals surface area contributed by atoms with Crippen LogP contribution in [0.5, 0.6) is 5.75 Å². The lowest BCUT2D eigenvalue weighted by atomic mass is 10.3. The molecule has 1 aromatic rings. The van der Waals surface area contributed by atoms with Gasteiger partial charge in [-0.1, -0.05) is 0 Å². The summed E-state index contributed by atoms with van der Waals surface area (Å²) in [5.74, 6) is 1.14. The van der Waals surface area contributed by atoms with Crippen molar-refractivity contribution in [3.8, 4) is 5.75 Å². The van der Waals surface area contributed by atoms with Gasteiger partial charge in [0, 0.05) is 12.6 Å². The Morgan fingerprint density at radius 1 is 1.53 bits per heavy atom. The van der Waals surface area contributed by atoms with Gasteiger partial charge in [0.1, 0.15) is 0 Å². The lowest BCUT2D eigenvalue weighted by Crippen LogP contribution is -2.32. The van der Waals surface area contributed by atoms with E-state index in [1.54, 1.807) is 7.11 Å². The maximum absolute atomic E-state index is 5.72. The molecule has 5 nitrogen and oxygen atoms in total. The first-order valence-electron chi connectivity index (χ1n) is 5.98. The molecule has 2 rings (SSSR count). The van der Waals surface area contributed by atoms with Crippen LogP contribution in [0.1, 0.15) is 19.8 Å². The summed E-state index contributed by atoms with van der Waals surface area (Å²) in [5.41, 5.74) is 5.72. The van der Waals surface area contributed by atoms with Gasteiger partial charge < -0.3 is 20.7 Å². The van der Waals surface area contributed by atoms with Gasteiger partial charge in [-0.25, -0.2) is 0 Å². The fraction of sp³-hybridized carbons (Fsp3) is 0.727. The molecule has 2 heterocycles. The number of methoxy groups -OCH3 is 1. The fourth-order valence-electron chi connectivity index (χ4n) is 2.21. The van der Waals surface area contributed by atoms with Crippen molar-refractivity contribution in [3.63, 3.8) is 0 Å². The second-order valence-electron chi connectivity index (χ2n) is 4.48. The third-order valence-corrected chi connectivity index (χ3v) is 3.76. The molecule has 0 amide bonds. The molecule has 17 heavy (non-hydrogen) atoms. The quantitative estimate of drug-likeness (QED) is 0.838. The van der Waals surface area contributed by atoms with Gasteiger partial charge in [0.25, 0.3) is 0 Å². The second kappa shape index (κ2) is 5.55. The Kier molecular flexibility index (Phi) is 4.06. The van der Waals surface area contributed by atoms with Crippen LogP contribution in [-0.2, 0) is 0 Å². The number of anilines is 2. The summed E-state index contributed by atoms with van der Waals surface area (Å²) in [5, 5.41) is 4.35. The van der Waals surface area contributed by atoms with Crippen LogP contribution in [0.25, 0.3) is 0 Å². The van der Waals surface area contributed by atoms with Gasteiger partial charge in [-0.3, -0.25) is 0 Å². The molecule has 1 aromatic heterocycles. The molecule has 1 saturated heterocycles. The van der Waals surface area contributed by atoms with E-state index in [1.165, 1.54) is 37.5 Å². The third kappa shape index (κ3) is 3.01. The first kappa shape index (κ1) is 12.4. The smallest absolute Gasteiger partial charge is 0.197 e. The standard InChI is InChI=1S/C11H20N4OS/c1-8(7-15-5-3-4-6-15)13-11-9(16-2)10(12)14-17-11/h8,13H,3-7H2,1-2H3,(H2,12,14). The Labute approximate surface area is 106 Å². The molecule has 0 spiro atoms. The normalized spacial score (nSPS) is 18.2. The van der Waals surface area contributed by atoms with Crippen LogP contribution in [-0.4, -0.2) is 42.1 Å². The minimum absolute atomic E-state index is 0.377. The van der Waals surface area contributed by atoms with Crippen molar-refractivity contribution in [2.45, 2.75) is 25.8 Å². The summed E-state index contributed by atoms with van der Waals surface area (Å²) in [4.78, 5) is 2.48. The van der Waals surface area contributed by atoms with Gasteiger partial charge in [0.2, 0.25) is 0 Å². The highest BCUT2D eigenvalue weighted by atomic mass is 32.1. The molecule has 1 aliphatic heterocycles. The van der Waals surface area contributed by atoms with Crippen LogP contribution in [0.2, 0.25) is 0 Å². The Hall–Kier alpha value is -1.01. The predicted octanol–water partition coefficient (Wildman–Crippen LogP) is 1.63. The van der Waals surface area contributed by atoms with Crippen molar-refractivity contribution in [2.24, 2.45) is 0 Å². The number of rotatable bonds is 5. The highest BCUT2D eigenvalue weighted by Gasteiger charge is 2.17. The van der Waals surface area contributed by atoms with E-state index < -0.39 is 0 Å². The topological polar surface area (TPSA) is 63.4 Å². The van der Waals surface area contributed by atoms with Crippen molar-refractivity contribution < 1.29 is 4.74 Å². The number of aromatic nitrogens is 1. The van der Waals surface area contributed by atoms with Crippen LogP contribution >= 0.6 is 11.5 Å². The molecular formula is C11H20N4OS. The van der Waals surface area contributed by atoms with E-state index in [0.29, 0.717) is 17.6 Å². The molecule has 1 unspecified atom stereocenters. The first-order valence-corrected chi connectivity index (χ1v) is 6.76. The van der Waals surface area contributed by atoms with E-state index in [0.717, 1.165) is 11.5 Å². The summed E-state index contributed by atoms with van der Waals surface area (Å²) in [6.07, 6.45) is 2.65. The molecular weight excluding hydrogens is 236 g/mol. The molecule has 6 heteroatoms. The summed E-state index contributed by atoms with van der Waals surface area (Å²) >= 11 is 1.36. The molecule has 0 aromatic carbocycles. The van der Waals surface area contributed by atoms with Gasteiger partial charge in [-0.2, -0.15) is 4.37 Å². The maximum Gasteiger partial charge on any atom is 0.197 e. The number of nitrogen functional groups attached to an aromatic ring is 1. The SMILES string of the molecule is COc1c(N)nsc1NC(C)CN1CCCC1. The Morgan fingerprint density at radius 2 is 2.24 bits per heavy atom. The molecule has 0 bridgehead atoms. The Balaban J connectivity index is 1.90. The molecule has 0 saturated carbocycles. The van der Waals surface area contributed by atoms with Crippen LogP contribution in [0, 0.1) is 0 Å². The molecule has 0 radical (unpaired) electrons. The van der Waals surface area contributed by atoms with Crippen molar-refractivity contribution in [1.29, 1.82) is 0 Å². The number of nitrogens with zero attached hydrogens (tertiary/aromatic N) is 2. The number of hydrogen-bond donors (Lipinski definition) is 2. The summed E-state index contributed by atoms with van der Waals surface area (Å²) in [6.45, 7) is 5.66. The van der Waals surface area contributed by atoms with E-state index in [2.05, 4.69) is 21.5 Å². The number of hydrogen-bond acceptors (Lipinski definition) is 6. The number of ether oxygens (including phenoxy) is 1. The fourth-order valence-corrected chi connectivity index (χ4v) is 3.00. The minimum Gasteiger partial charge on any atom is -0.490 e. The Bertz CT molecular complexity index is 362. The number of nitrogens with one attached hydrogen (secondary N) is 1. The molecule has 1 aliphatic rings. The second-order valence-corrected chi connectivity index (χ2v) is 5.26. The monoisotopic (exact) mass is 256 g/mol. The molecule has 1 fully saturated rings. The van der Waals surface area contributed by atoms with Gasteiger partial charge in [-0.15, -0.1) is 0 Å². The Morgan fingerprint density at radius 3 is 2.88 bits per heavy atom. The average Bonchev–Trinajstić information content (AvgIpc) is 2.89. The summed E-state index contributed by atoms with van der Waals surface area (Å²) in [7, 11) is 1.62. The van der Waals surface area contributed by atoms with E-state index >= 15 is 0 Å².